The van der Waals surface area contributed by atoms with Gasteiger partial charge < -0.3 is 14.6 Å². The molecule has 0 atom stereocenters. The molecule has 1 heterocycles. The zero-order valence-corrected chi connectivity index (χ0v) is 12.8. The maximum absolute atomic E-state index is 9.64. The molecular weight excluding hydrogens is 278 g/mol. The van der Waals surface area contributed by atoms with Crippen LogP contribution in [0.25, 0.3) is 22.2 Å². The number of pyridine rings is 1. The first kappa shape index (κ1) is 14.2. The van der Waals surface area contributed by atoms with Gasteiger partial charge in [0.2, 0.25) is 0 Å². The second-order valence-electron chi connectivity index (χ2n) is 5.06. The minimum atomic E-state index is 0.236. The minimum absolute atomic E-state index is 0.236. The molecule has 0 aliphatic carbocycles. The highest BCUT2D eigenvalue weighted by Gasteiger charge is 2.15. The number of rotatable bonds is 3. The van der Waals surface area contributed by atoms with Crippen LogP contribution in [0.2, 0.25) is 0 Å². The van der Waals surface area contributed by atoms with Crippen molar-refractivity contribution in [3.05, 3.63) is 48.0 Å². The highest BCUT2D eigenvalue weighted by molar-refractivity contribution is 5.87. The fourth-order valence-electron chi connectivity index (χ4n) is 2.61. The normalized spacial score (nSPS) is 10.7. The summed E-state index contributed by atoms with van der Waals surface area (Å²) in [4.78, 5) is 4.69. The van der Waals surface area contributed by atoms with Crippen LogP contribution in [0.4, 0.5) is 0 Å². The summed E-state index contributed by atoms with van der Waals surface area (Å²) < 4.78 is 10.9. The summed E-state index contributed by atoms with van der Waals surface area (Å²) in [5, 5.41) is 10.6. The first-order valence-electron chi connectivity index (χ1n) is 6.95. The molecule has 0 fully saturated rings. The van der Waals surface area contributed by atoms with E-state index in [0.29, 0.717) is 11.5 Å². The van der Waals surface area contributed by atoms with Crippen molar-refractivity contribution in [1.82, 2.24) is 4.98 Å². The molecule has 0 amide bonds. The van der Waals surface area contributed by atoms with Crippen LogP contribution in [0.15, 0.2) is 42.5 Å². The Hall–Kier alpha value is -2.75. The number of aromatic hydroxyl groups is 1. The smallest absolute Gasteiger partial charge is 0.132 e. The Morgan fingerprint density at radius 3 is 2.27 bits per heavy atom. The molecule has 0 aliphatic heterocycles. The summed E-state index contributed by atoms with van der Waals surface area (Å²) in [6, 6.07) is 12.8. The Balaban J connectivity index is 2.29. The van der Waals surface area contributed by atoms with Gasteiger partial charge in [-0.05, 0) is 48.9 Å². The van der Waals surface area contributed by atoms with Crippen LogP contribution in [-0.4, -0.2) is 24.3 Å². The number of ether oxygens (including phenoxy) is 2. The quantitative estimate of drug-likeness (QED) is 0.795. The topological polar surface area (TPSA) is 51.6 Å². The van der Waals surface area contributed by atoms with Gasteiger partial charge in [-0.1, -0.05) is 6.07 Å². The number of methoxy groups -OCH3 is 2. The first-order chi connectivity index (χ1) is 10.6. The molecule has 0 unspecified atom stereocenters. The Morgan fingerprint density at radius 1 is 0.955 bits per heavy atom. The van der Waals surface area contributed by atoms with Crippen LogP contribution >= 0.6 is 0 Å². The maximum atomic E-state index is 9.64. The van der Waals surface area contributed by atoms with Crippen LogP contribution < -0.4 is 9.47 Å². The Bertz CT molecular complexity index is 821. The van der Waals surface area contributed by atoms with Crippen molar-refractivity contribution in [2.45, 2.75) is 6.92 Å². The van der Waals surface area contributed by atoms with Gasteiger partial charge in [-0.3, -0.25) is 0 Å². The van der Waals surface area contributed by atoms with Gasteiger partial charge in [0.1, 0.15) is 17.2 Å². The average Bonchev–Trinajstić information content (AvgIpc) is 2.54. The number of phenols is 1. The lowest BCUT2D eigenvalue weighted by molar-refractivity contribution is 0.397. The van der Waals surface area contributed by atoms with E-state index in [9.17, 15) is 5.11 Å². The van der Waals surface area contributed by atoms with E-state index in [4.69, 9.17) is 14.5 Å². The standard InChI is InChI=1S/C18H17NO3/c1-11-9-15(19-14-8-7-12(20)10-13(11)14)18-16(21-2)5-4-6-17(18)22-3/h4-10,20H,1-3H3. The lowest BCUT2D eigenvalue weighted by atomic mass is 10.0. The largest absolute Gasteiger partial charge is 0.508 e. The van der Waals surface area contributed by atoms with E-state index in [2.05, 4.69) is 0 Å². The number of hydrogen-bond donors (Lipinski definition) is 1. The number of nitrogens with zero attached hydrogens (tertiary/aromatic N) is 1. The van der Waals surface area contributed by atoms with E-state index in [0.717, 1.165) is 27.7 Å². The summed E-state index contributed by atoms with van der Waals surface area (Å²) in [5.41, 5.74) is 3.46. The molecule has 0 aliphatic rings. The van der Waals surface area contributed by atoms with Gasteiger partial charge >= 0.3 is 0 Å². The molecule has 1 N–H and O–H groups in total. The zero-order chi connectivity index (χ0) is 15.7. The van der Waals surface area contributed by atoms with Gasteiger partial charge in [-0.15, -0.1) is 0 Å². The zero-order valence-electron chi connectivity index (χ0n) is 12.8. The van der Waals surface area contributed by atoms with Crippen molar-refractivity contribution < 1.29 is 14.6 Å². The van der Waals surface area contributed by atoms with Crippen LogP contribution in [-0.2, 0) is 0 Å². The molecule has 0 bridgehead atoms. The van der Waals surface area contributed by atoms with Crippen molar-refractivity contribution in [3.8, 4) is 28.5 Å². The molecule has 22 heavy (non-hydrogen) atoms. The van der Waals surface area contributed by atoms with Crippen molar-refractivity contribution in [3.63, 3.8) is 0 Å². The minimum Gasteiger partial charge on any atom is -0.508 e. The molecule has 2 aromatic carbocycles. The number of hydrogen-bond acceptors (Lipinski definition) is 4. The van der Waals surface area contributed by atoms with Gasteiger partial charge in [-0.2, -0.15) is 0 Å². The SMILES string of the molecule is COc1cccc(OC)c1-c1cc(C)c2cc(O)ccc2n1. The lowest BCUT2D eigenvalue weighted by Crippen LogP contribution is -1.96. The van der Waals surface area contributed by atoms with E-state index in [1.165, 1.54) is 0 Å². The van der Waals surface area contributed by atoms with E-state index in [-0.39, 0.29) is 5.75 Å². The third-order valence-corrected chi connectivity index (χ3v) is 3.68. The molecule has 112 valence electrons. The fourth-order valence-corrected chi connectivity index (χ4v) is 2.61. The molecule has 4 heteroatoms. The van der Waals surface area contributed by atoms with Crippen molar-refractivity contribution in [2.24, 2.45) is 0 Å². The number of phenolic OH excluding ortho intramolecular Hbond substituents is 1. The number of aryl methyl sites for hydroxylation is 1. The van der Waals surface area contributed by atoms with Gasteiger partial charge in [0.05, 0.1) is 31.0 Å². The molecule has 3 rings (SSSR count). The van der Waals surface area contributed by atoms with Crippen LogP contribution in [0.5, 0.6) is 17.2 Å². The third kappa shape index (κ3) is 2.33. The lowest BCUT2D eigenvalue weighted by Gasteiger charge is -2.14. The molecule has 1 aromatic heterocycles. The third-order valence-electron chi connectivity index (χ3n) is 3.68. The molecule has 0 saturated heterocycles. The summed E-state index contributed by atoms with van der Waals surface area (Å²) in [5.74, 6) is 1.66. The van der Waals surface area contributed by atoms with Crippen molar-refractivity contribution in [1.29, 1.82) is 0 Å². The molecule has 0 radical (unpaired) electrons. The van der Waals surface area contributed by atoms with Crippen molar-refractivity contribution >= 4 is 10.9 Å². The van der Waals surface area contributed by atoms with Gasteiger partial charge in [-0.25, -0.2) is 4.98 Å². The Kier molecular flexibility index (Phi) is 3.59. The number of fused-ring (bicyclic) bond motifs is 1. The monoisotopic (exact) mass is 295 g/mol. The Labute approximate surface area is 129 Å². The van der Waals surface area contributed by atoms with Gasteiger partial charge in [0.15, 0.2) is 0 Å². The molecular formula is C18H17NO3. The summed E-state index contributed by atoms with van der Waals surface area (Å²) >= 11 is 0. The first-order valence-corrected chi connectivity index (χ1v) is 6.95. The molecule has 0 spiro atoms. The van der Waals surface area contributed by atoms with Gasteiger partial charge in [0, 0.05) is 5.39 Å². The summed E-state index contributed by atoms with van der Waals surface area (Å²) in [7, 11) is 3.26. The highest BCUT2D eigenvalue weighted by atomic mass is 16.5. The summed E-state index contributed by atoms with van der Waals surface area (Å²) in [6.07, 6.45) is 0. The van der Waals surface area contributed by atoms with E-state index >= 15 is 0 Å². The molecule has 4 nitrogen and oxygen atoms in total. The average molecular weight is 295 g/mol. The predicted octanol–water partition coefficient (Wildman–Crippen LogP) is 3.93. The van der Waals surface area contributed by atoms with E-state index in [1.807, 2.05) is 37.3 Å². The fraction of sp³-hybridized carbons (Fsp3) is 0.167. The molecule has 0 saturated carbocycles. The van der Waals surface area contributed by atoms with Crippen LogP contribution in [0, 0.1) is 6.92 Å². The highest BCUT2D eigenvalue weighted by Crippen LogP contribution is 2.38. The van der Waals surface area contributed by atoms with Crippen LogP contribution in [0.1, 0.15) is 5.56 Å². The second-order valence-corrected chi connectivity index (χ2v) is 5.06. The molecule has 3 aromatic rings. The van der Waals surface area contributed by atoms with E-state index in [1.54, 1.807) is 26.4 Å². The van der Waals surface area contributed by atoms with Gasteiger partial charge in [0.25, 0.3) is 0 Å². The summed E-state index contributed by atoms with van der Waals surface area (Å²) in [6.45, 7) is 1.99. The second kappa shape index (κ2) is 5.56. The number of aromatic nitrogens is 1. The maximum Gasteiger partial charge on any atom is 0.132 e. The Morgan fingerprint density at radius 2 is 1.64 bits per heavy atom. The predicted molar refractivity (Wildman–Crippen MR) is 86.7 cm³/mol. The van der Waals surface area contributed by atoms with Crippen molar-refractivity contribution in [2.75, 3.05) is 14.2 Å². The van der Waals surface area contributed by atoms with Crippen LogP contribution in [0.3, 0.4) is 0 Å². The van der Waals surface area contributed by atoms with E-state index < -0.39 is 0 Å². The number of benzene rings is 2.